The first kappa shape index (κ1) is 13.7. The fraction of sp³-hybridized carbons (Fsp3) is 0.385. The third-order valence-electron chi connectivity index (χ3n) is 2.38. The first-order valence-corrected chi connectivity index (χ1v) is 6.89. The molecule has 0 radical (unpaired) electrons. The van der Waals surface area contributed by atoms with Crippen molar-refractivity contribution in [2.24, 2.45) is 0 Å². The maximum Gasteiger partial charge on any atom is 0.258 e. The molecule has 1 heterocycles. The number of phenolic OH excluding ortho intramolecular Hbond substituents is 1. The normalized spacial score (nSPS) is 11.7. The van der Waals surface area contributed by atoms with Crippen molar-refractivity contribution in [2.45, 2.75) is 31.3 Å². The molecule has 0 spiro atoms. The number of nitrogens with two attached hydrogens (primary N) is 1. The summed E-state index contributed by atoms with van der Waals surface area (Å²) in [6.45, 7) is 6.41. The maximum atomic E-state index is 9.37. The Hall–Kier alpha value is -1.69. The van der Waals surface area contributed by atoms with Crippen molar-refractivity contribution in [3.05, 3.63) is 24.0 Å². The van der Waals surface area contributed by atoms with Crippen LogP contribution in [0.15, 0.2) is 22.7 Å². The summed E-state index contributed by atoms with van der Waals surface area (Å²) >= 11 is 1.75. The second kappa shape index (κ2) is 5.13. The Kier molecular flexibility index (Phi) is 3.71. The van der Waals surface area contributed by atoms with Gasteiger partial charge in [0.15, 0.2) is 5.82 Å². The zero-order valence-corrected chi connectivity index (χ0v) is 12.0. The van der Waals surface area contributed by atoms with E-state index in [1.807, 2.05) is 0 Å². The summed E-state index contributed by atoms with van der Waals surface area (Å²) in [7, 11) is 0. The van der Waals surface area contributed by atoms with Crippen molar-refractivity contribution in [3.63, 3.8) is 0 Å². The molecule has 0 aliphatic rings. The molecule has 6 heteroatoms. The molecule has 0 atom stereocenters. The van der Waals surface area contributed by atoms with E-state index in [0.717, 1.165) is 0 Å². The first-order valence-electron chi connectivity index (χ1n) is 5.90. The molecule has 102 valence electrons. The average molecular weight is 279 g/mol. The molecule has 2 rings (SSSR count). The van der Waals surface area contributed by atoms with Crippen molar-refractivity contribution < 1.29 is 9.63 Å². The van der Waals surface area contributed by atoms with Crippen LogP contribution in [0.25, 0.3) is 11.5 Å². The molecular weight excluding hydrogens is 262 g/mol. The highest BCUT2D eigenvalue weighted by atomic mass is 32.2. The molecule has 0 saturated carbocycles. The van der Waals surface area contributed by atoms with E-state index in [2.05, 4.69) is 30.9 Å². The molecular formula is C13H17N3O2S. The van der Waals surface area contributed by atoms with E-state index in [9.17, 15) is 5.11 Å². The van der Waals surface area contributed by atoms with Gasteiger partial charge in [-0.2, -0.15) is 4.98 Å². The van der Waals surface area contributed by atoms with Crippen LogP contribution < -0.4 is 5.73 Å². The van der Waals surface area contributed by atoms with Gasteiger partial charge < -0.3 is 15.4 Å². The molecule has 0 fully saturated rings. The Morgan fingerprint density at radius 1 is 1.37 bits per heavy atom. The summed E-state index contributed by atoms with van der Waals surface area (Å²) in [5, 5.41) is 13.3. The number of hydrogen-bond acceptors (Lipinski definition) is 6. The number of nitrogens with zero attached hydrogens (tertiary/aromatic N) is 2. The first-order chi connectivity index (χ1) is 8.85. The highest BCUT2D eigenvalue weighted by Crippen LogP contribution is 2.29. The number of hydrogen-bond donors (Lipinski definition) is 2. The van der Waals surface area contributed by atoms with E-state index in [4.69, 9.17) is 10.3 Å². The van der Waals surface area contributed by atoms with E-state index in [0.29, 0.717) is 28.7 Å². The van der Waals surface area contributed by atoms with Gasteiger partial charge in [-0.15, -0.1) is 11.8 Å². The van der Waals surface area contributed by atoms with Gasteiger partial charge in [-0.25, -0.2) is 0 Å². The van der Waals surface area contributed by atoms with Crippen LogP contribution in [0.2, 0.25) is 0 Å². The summed E-state index contributed by atoms with van der Waals surface area (Å²) < 4.78 is 5.36. The molecule has 5 nitrogen and oxygen atoms in total. The lowest BCUT2D eigenvalue weighted by atomic mass is 10.2. The summed E-state index contributed by atoms with van der Waals surface area (Å²) in [6, 6.07) is 4.82. The maximum absolute atomic E-state index is 9.37. The number of benzene rings is 1. The van der Waals surface area contributed by atoms with Crippen LogP contribution in [0, 0.1) is 0 Å². The number of nitrogen functional groups attached to an aromatic ring is 1. The molecule has 0 saturated heterocycles. The highest BCUT2D eigenvalue weighted by molar-refractivity contribution is 7.99. The number of anilines is 1. The van der Waals surface area contributed by atoms with Crippen LogP contribution in [0.4, 0.5) is 5.69 Å². The molecule has 0 unspecified atom stereocenters. The van der Waals surface area contributed by atoms with E-state index in [-0.39, 0.29) is 10.5 Å². The van der Waals surface area contributed by atoms with Crippen LogP contribution in [0.3, 0.4) is 0 Å². The number of phenols is 1. The molecule has 0 amide bonds. The molecule has 3 N–H and O–H groups in total. The van der Waals surface area contributed by atoms with Gasteiger partial charge in [-0.05, 0) is 18.2 Å². The number of aromatic nitrogens is 2. The number of rotatable bonds is 3. The second-order valence-electron chi connectivity index (χ2n) is 5.19. The van der Waals surface area contributed by atoms with Gasteiger partial charge in [-0.1, -0.05) is 25.9 Å². The fourth-order valence-corrected chi connectivity index (χ4v) is 2.08. The Morgan fingerprint density at radius 2 is 2.11 bits per heavy atom. The molecule has 1 aromatic carbocycles. The predicted molar refractivity (Wildman–Crippen MR) is 76.9 cm³/mol. The summed E-state index contributed by atoms with van der Waals surface area (Å²) in [5.41, 5.74) is 6.63. The lowest BCUT2D eigenvalue weighted by Crippen LogP contribution is -2.07. The molecule has 0 aliphatic heterocycles. The average Bonchev–Trinajstić information content (AvgIpc) is 2.78. The molecule has 19 heavy (non-hydrogen) atoms. The van der Waals surface area contributed by atoms with Crippen molar-refractivity contribution in [3.8, 4) is 17.2 Å². The van der Waals surface area contributed by atoms with Gasteiger partial charge in [0.2, 0.25) is 0 Å². The largest absolute Gasteiger partial charge is 0.506 e. The molecule has 1 aromatic heterocycles. The van der Waals surface area contributed by atoms with Crippen LogP contribution in [0.1, 0.15) is 26.6 Å². The number of aromatic hydroxyl groups is 1. The van der Waals surface area contributed by atoms with Gasteiger partial charge in [0, 0.05) is 10.3 Å². The fourth-order valence-electron chi connectivity index (χ4n) is 1.40. The standard InChI is InChI=1S/C13H17N3O2S/c1-13(2,3)19-7-11-15-12(18-16-11)8-4-5-10(17)9(14)6-8/h4-6,17H,7,14H2,1-3H3. The predicted octanol–water partition coefficient (Wildman–Crippen LogP) is 3.06. The monoisotopic (exact) mass is 279 g/mol. The van der Waals surface area contributed by atoms with Gasteiger partial charge in [-0.3, -0.25) is 0 Å². The second-order valence-corrected chi connectivity index (χ2v) is 6.99. The van der Waals surface area contributed by atoms with Gasteiger partial charge in [0.05, 0.1) is 11.4 Å². The summed E-state index contributed by atoms with van der Waals surface area (Å²) in [5.74, 6) is 1.81. The smallest absolute Gasteiger partial charge is 0.258 e. The Labute approximate surface area is 116 Å². The van der Waals surface area contributed by atoms with Crippen molar-refractivity contribution in [1.29, 1.82) is 0 Å². The minimum atomic E-state index is 0.0479. The third kappa shape index (κ3) is 3.64. The molecule has 0 aliphatic carbocycles. The van der Waals surface area contributed by atoms with Crippen LogP contribution in [0.5, 0.6) is 5.75 Å². The van der Waals surface area contributed by atoms with Crippen LogP contribution in [-0.4, -0.2) is 20.0 Å². The SMILES string of the molecule is CC(C)(C)SCc1noc(-c2ccc(O)c(N)c2)n1. The van der Waals surface area contributed by atoms with Crippen molar-refractivity contribution in [2.75, 3.05) is 5.73 Å². The number of thioether (sulfide) groups is 1. The van der Waals surface area contributed by atoms with Gasteiger partial charge >= 0.3 is 0 Å². The van der Waals surface area contributed by atoms with Crippen molar-refractivity contribution in [1.82, 2.24) is 10.1 Å². The molecule has 2 aromatic rings. The Bertz CT molecular complexity index is 576. The van der Waals surface area contributed by atoms with Crippen LogP contribution in [-0.2, 0) is 5.75 Å². The summed E-state index contributed by atoms with van der Waals surface area (Å²) in [4.78, 5) is 4.32. The van der Waals surface area contributed by atoms with E-state index >= 15 is 0 Å². The van der Waals surface area contributed by atoms with E-state index in [1.54, 1.807) is 23.9 Å². The highest BCUT2D eigenvalue weighted by Gasteiger charge is 2.15. The Balaban J connectivity index is 2.14. The third-order valence-corrected chi connectivity index (χ3v) is 3.65. The van der Waals surface area contributed by atoms with E-state index < -0.39 is 0 Å². The summed E-state index contributed by atoms with van der Waals surface area (Å²) in [6.07, 6.45) is 0. The lowest BCUT2D eigenvalue weighted by Gasteiger charge is -2.15. The lowest BCUT2D eigenvalue weighted by molar-refractivity contribution is 0.425. The van der Waals surface area contributed by atoms with Gasteiger partial charge in [0.1, 0.15) is 5.75 Å². The van der Waals surface area contributed by atoms with E-state index in [1.165, 1.54) is 6.07 Å². The minimum Gasteiger partial charge on any atom is -0.506 e. The van der Waals surface area contributed by atoms with Gasteiger partial charge in [0.25, 0.3) is 5.89 Å². The van der Waals surface area contributed by atoms with Crippen molar-refractivity contribution >= 4 is 17.4 Å². The van der Waals surface area contributed by atoms with Crippen LogP contribution >= 0.6 is 11.8 Å². The Morgan fingerprint density at radius 3 is 2.74 bits per heavy atom. The zero-order chi connectivity index (χ0) is 14.0. The zero-order valence-electron chi connectivity index (χ0n) is 11.2. The minimum absolute atomic E-state index is 0.0479. The topological polar surface area (TPSA) is 85.2 Å². The molecule has 0 bridgehead atoms. The quantitative estimate of drug-likeness (QED) is 0.663.